The zero-order chi connectivity index (χ0) is 18.1. The SMILES string of the molecule is CN(C)S(=O)(=O)Cc1cccc(-c2cnc(N)c(C(C)(C)C)n2)c1. The molecule has 0 amide bonds. The molecule has 1 heterocycles. The maximum Gasteiger partial charge on any atom is 0.217 e. The summed E-state index contributed by atoms with van der Waals surface area (Å²) in [4.78, 5) is 8.88. The van der Waals surface area contributed by atoms with Gasteiger partial charge in [-0.05, 0) is 11.6 Å². The summed E-state index contributed by atoms with van der Waals surface area (Å²) >= 11 is 0. The van der Waals surface area contributed by atoms with Crippen LogP contribution < -0.4 is 5.73 Å². The summed E-state index contributed by atoms with van der Waals surface area (Å²) in [5.74, 6) is 0.361. The third-order valence-electron chi connectivity index (χ3n) is 3.64. The fraction of sp³-hybridized carbons (Fsp3) is 0.412. The molecule has 1 aromatic carbocycles. The normalized spacial score (nSPS) is 12.6. The van der Waals surface area contributed by atoms with Crippen LogP contribution >= 0.6 is 0 Å². The Balaban J connectivity index is 2.43. The molecule has 0 spiro atoms. The molecular weight excluding hydrogens is 324 g/mol. The fourth-order valence-corrected chi connectivity index (χ4v) is 3.11. The van der Waals surface area contributed by atoms with Crippen molar-refractivity contribution in [3.8, 4) is 11.3 Å². The van der Waals surface area contributed by atoms with E-state index >= 15 is 0 Å². The summed E-state index contributed by atoms with van der Waals surface area (Å²) < 4.78 is 25.3. The van der Waals surface area contributed by atoms with E-state index in [1.54, 1.807) is 12.3 Å². The van der Waals surface area contributed by atoms with Crippen molar-refractivity contribution in [3.05, 3.63) is 41.7 Å². The van der Waals surface area contributed by atoms with Gasteiger partial charge in [-0.15, -0.1) is 0 Å². The van der Waals surface area contributed by atoms with Gasteiger partial charge in [-0.3, -0.25) is 0 Å². The van der Waals surface area contributed by atoms with Gasteiger partial charge in [0.1, 0.15) is 5.82 Å². The van der Waals surface area contributed by atoms with Gasteiger partial charge >= 0.3 is 0 Å². The van der Waals surface area contributed by atoms with Crippen LogP contribution in [0.4, 0.5) is 5.82 Å². The number of nitrogen functional groups attached to an aromatic ring is 1. The summed E-state index contributed by atoms with van der Waals surface area (Å²) in [6.45, 7) is 6.08. The van der Waals surface area contributed by atoms with Crippen molar-refractivity contribution >= 4 is 15.8 Å². The number of nitrogens with two attached hydrogens (primary N) is 1. The molecule has 0 saturated carbocycles. The smallest absolute Gasteiger partial charge is 0.217 e. The molecule has 0 aliphatic heterocycles. The average Bonchev–Trinajstić information content (AvgIpc) is 2.46. The Morgan fingerprint density at radius 1 is 1.21 bits per heavy atom. The first kappa shape index (κ1) is 18.4. The number of benzene rings is 1. The number of sulfonamides is 1. The van der Waals surface area contributed by atoms with E-state index in [0.29, 0.717) is 17.1 Å². The van der Waals surface area contributed by atoms with Gasteiger partial charge in [-0.1, -0.05) is 39.0 Å². The van der Waals surface area contributed by atoms with E-state index < -0.39 is 10.0 Å². The van der Waals surface area contributed by atoms with Gasteiger partial charge in [0, 0.05) is 25.1 Å². The lowest BCUT2D eigenvalue weighted by molar-refractivity contribution is 0.520. The number of nitrogens with zero attached hydrogens (tertiary/aromatic N) is 3. The van der Waals surface area contributed by atoms with Crippen LogP contribution in [0.15, 0.2) is 30.5 Å². The van der Waals surface area contributed by atoms with Crippen LogP contribution in [-0.4, -0.2) is 36.8 Å². The second kappa shape index (κ2) is 6.49. The van der Waals surface area contributed by atoms with Crippen LogP contribution in [0.2, 0.25) is 0 Å². The molecule has 130 valence electrons. The summed E-state index contributed by atoms with van der Waals surface area (Å²) in [6, 6.07) is 7.33. The van der Waals surface area contributed by atoms with Gasteiger partial charge in [0.25, 0.3) is 0 Å². The Kier molecular flexibility index (Phi) is 4.96. The van der Waals surface area contributed by atoms with E-state index in [0.717, 1.165) is 11.3 Å². The molecule has 2 rings (SSSR count). The molecular formula is C17H24N4O2S. The summed E-state index contributed by atoms with van der Waals surface area (Å²) in [5.41, 5.74) is 8.65. The largest absolute Gasteiger partial charge is 0.382 e. The first-order chi connectivity index (χ1) is 11.0. The van der Waals surface area contributed by atoms with Gasteiger partial charge in [0.05, 0.1) is 23.3 Å². The molecule has 1 aromatic heterocycles. The molecule has 0 aliphatic carbocycles. The highest BCUT2D eigenvalue weighted by Crippen LogP contribution is 2.27. The molecule has 0 bridgehead atoms. The lowest BCUT2D eigenvalue weighted by Crippen LogP contribution is -2.23. The zero-order valence-electron chi connectivity index (χ0n) is 14.7. The number of anilines is 1. The highest BCUT2D eigenvalue weighted by Gasteiger charge is 2.21. The second-order valence-corrected chi connectivity index (χ2v) is 9.16. The molecule has 2 aromatic rings. The minimum Gasteiger partial charge on any atom is -0.382 e. The lowest BCUT2D eigenvalue weighted by atomic mass is 9.91. The zero-order valence-corrected chi connectivity index (χ0v) is 15.6. The van der Waals surface area contributed by atoms with Crippen LogP contribution in [0.5, 0.6) is 0 Å². The topological polar surface area (TPSA) is 89.2 Å². The van der Waals surface area contributed by atoms with Gasteiger partial charge in [-0.25, -0.2) is 22.7 Å². The van der Waals surface area contributed by atoms with Crippen molar-refractivity contribution in [1.82, 2.24) is 14.3 Å². The van der Waals surface area contributed by atoms with E-state index in [-0.39, 0.29) is 11.2 Å². The third-order valence-corrected chi connectivity index (χ3v) is 5.45. The number of hydrogen-bond acceptors (Lipinski definition) is 5. The number of aromatic nitrogens is 2. The van der Waals surface area contributed by atoms with Crippen LogP contribution in [0.1, 0.15) is 32.0 Å². The maximum absolute atomic E-state index is 12.1. The quantitative estimate of drug-likeness (QED) is 0.916. The highest BCUT2D eigenvalue weighted by atomic mass is 32.2. The molecule has 2 N–H and O–H groups in total. The molecule has 0 fully saturated rings. The summed E-state index contributed by atoms with van der Waals surface area (Å²) in [7, 11) is -0.255. The minimum atomic E-state index is -3.31. The molecule has 6 nitrogen and oxygen atoms in total. The van der Waals surface area contributed by atoms with Gasteiger partial charge in [-0.2, -0.15) is 0 Å². The van der Waals surface area contributed by atoms with E-state index in [1.807, 2.05) is 39.0 Å². The van der Waals surface area contributed by atoms with Crippen molar-refractivity contribution in [2.24, 2.45) is 0 Å². The van der Waals surface area contributed by atoms with Crippen LogP contribution in [0.25, 0.3) is 11.3 Å². The molecule has 0 saturated heterocycles. The summed E-state index contributed by atoms with van der Waals surface area (Å²) in [6.07, 6.45) is 1.62. The Bertz CT molecular complexity index is 840. The number of rotatable bonds is 4. The average molecular weight is 348 g/mol. The third kappa shape index (κ3) is 4.10. The fourth-order valence-electron chi connectivity index (χ4n) is 2.25. The first-order valence-corrected chi connectivity index (χ1v) is 9.24. The Labute approximate surface area is 143 Å². The van der Waals surface area contributed by atoms with Crippen molar-refractivity contribution < 1.29 is 8.42 Å². The van der Waals surface area contributed by atoms with E-state index in [2.05, 4.69) is 9.97 Å². The first-order valence-electron chi connectivity index (χ1n) is 7.63. The Morgan fingerprint density at radius 2 is 1.88 bits per heavy atom. The van der Waals surface area contributed by atoms with Gasteiger partial charge in [0.15, 0.2) is 0 Å². The van der Waals surface area contributed by atoms with Crippen LogP contribution in [0, 0.1) is 0 Å². The minimum absolute atomic E-state index is 0.0532. The van der Waals surface area contributed by atoms with Crippen molar-refractivity contribution in [2.75, 3.05) is 19.8 Å². The Hall–Kier alpha value is -1.99. The molecule has 7 heteroatoms. The summed E-state index contributed by atoms with van der Waals surface area (Å²) in [5, 5.41) is 0. The van der Waals surface area contributed by atoms with Gasteiger partial charge < -0.3 is 5.73 Å². The number of hydrogen-bond donors (Lipinski definition) is 1. The lowest BCUT2D eigenvalue weighted by Gasteiger charge is -2.20. The van der Waals surface area contributed by atoms with Crippen LogP contribution in [0.3, 0.4) is 0 Å². The maximum atomic E-state index is 12.1. The molecule has 0 unspecified atom stereocenters. The van der Waals surface area contributed by atoms with E-state index in [1.165, 1.54) is 18.4 Å². The molecule has 24 heavy (non-hydrogen) atoms. The highest BCUT2D eigenvalue weighted by molar-refractivity contribution is 7.88. The standard InChI is InChI=1S/C17H24N4O2S/c1-17(2,3)15-16(18)19-10-14(20-15)13-8-6-7-12(9-13)11-24(22,23)21(4)5/h6-10H,11H2,1-5H3,(H2,18,19). The molecule has 0 radical (unpaired) electrons. The van der Waals surface area contributed by atoms with E-state index in [4.69, 9.17) is 5.73 Å². The molecule has 0 aliphatic rings. The van der Waals surface area contributed by atoms with Crippen LogP contribution in [-0.2, 0) is 21.2 Å². The Morgan fingerprint density at radius 3 is 2.46 bits per heavy atom. The molecule has 0 atom stereocenters. The monoisotopic (exact) mass is 348 g/mol. The van der Waals surface area contributed by atoms with Crippen molar-refractivity contribution in [1.29, 1.82) is 0 Å². The predicted molar refractivity (Wildman–Crippen MR) is 96.9 cm³/mol. The second-order valence-electron chi connectivity index (χ2n) is 6.98. The predicted octanol–water partition coefficient (Wildman–Crippen LogP) is 2.41. The van der Waals surface area contributed by atoms with Crippen molar-refractivity contribution in [3.63, 3.8) is 0 Å². The van der Waals surface area contributed by atoms with Crippen molar-refractivity contribution in [2.45, 2.75) is 31.9 Å². The van der Waals surface area contributed by atoms with Gasteiger partial charge in [0.2, 0.25) is 10.0 Å². The van der Waals surface area contributed by atoms with E-state index in [9.17, 15) is 8.42 Å².